The Morgan fingerprint density at radius 3 is 2.72 bits per heavy atom. The number of aryl methyl sites for hydroxylation is 2. The highest BCUT2D eigenvalue weighted by molar-refractivity contribution is 7.15. The number of thiazole rings is 1. The van der Waals surface area contributed by atoms with Gasteiger partial charge in [-0.15, -0.1) is 11.3 Å². The van der Waals surface area contributed by atoms with E-state index in [1.807, 2.05) is 13.8 Å². The van der Waals surface area contributed by atoms with Crippen molar-refractivity contribution < 1.29 is 9.53 Å². The van der Waals surface area contributed by atoms with E-state index in [1.165, 1.54) is 12.8 Å². The maximum atomic E-state index is 13.5. The minimum Gasteiger partial charge on any atom is -0.377 e. The van der Waals surface area contributed by atoms with Crippen LogP contribution in [0.5, 0.6) is 0 Å². The van der Waals surface area contributed by atoms with Gasteiger partial charge in [-0.2, -0.15) is 0 Å². The molecule has 1 aliphatic carbocycles. The van der Waals surface area contributed by atoms with Crippen LogP contribution in [0.15, 0.2) is 6.07 Å². The van der Waals surface area contributed by atoms with Gasteiger partial charge in [-0.3, -0.25) is 4.79 Å². The molecule has 0 N–H and O–H groups in total. The molecule has 154 valence electrons. The molecule has 1 saturated heterocycles. The molecule has 2 aliphatic heterocycles. The van der Waals surface area contributed by atoms with E-state index in [-0.39, 0.29) is 11.9 Å². The highest BCUT2D eigenvalue weighted by atomic mass is 32.1. The van der Waals surface area contributed by atoms with Crippen molar-refractivity contribution in [2.24, 2.45) is 5.92 Å². The molecule has 5 rings (SSSR count). The number of fused-ring (bicyclic) bond motifs is 1. The topological polar surface area (TPSA) is 58.6 Å². The molecule has 0 aromatic carbocycles. The summed E-state index contributed by atoms with van der Waals surface area (Å²) in [5.41, 5.74) is 3.85. The average molecular weight is 413 g/mol. The van der Waals surface area contributed by atoms with Crippen LogP contribution in [0.3, 0.4) is 0 Å². The van der Waals surface area contributed by atoms with Gasteiger partial charge >= 0.3 is 0 Å². The number of nitrogens with zero attached hydrogens (tertiary/aromatic N) is 4. The molecule has 3 aliphatic rings. The van der Waals surface area contributed by atoms with Gasteiger partial charge in [-0.25, -0.2) is 9.97 Å². The fourth-order valence-electron chi connectivity index (χ4n) is 4.64. The number of carbonyl (C=O) groups is 1. The number of amides is 1. The zero-order chi connectivity index (χ0) is 20.3. The summed E-state index contributed by atoms with van der Waals surface area (Å²) in [6, 6.07) is 2.62. The number of carbonyl (C=O) groups excluding carboxylic acids is 1. The van der Waals surface area contributed by atoms with Crippen LogP contribution < -0.4 is 4.90 Å². The van der Waals surface area contributed by atoms with Crippen LogP contribution >= 0.6 is 11.3 Å². The van der Waals surface area contributed by atoms with Crippen LogP contribution in [-0.2, 0) is 11.3 Å². The number of rotatable bonds is 4. The quantitative estimate of drug-likeness (QED) is 0.764. The first-order valence-electron chi connectivity index (χ1n) is 10.6. The summed E-state index contributed by atoms with van der Waals surface area (Å²) in [6.07, 6.45) is 2.47. The van der Waals surface area contributed by atoms with Crippen molar-refractivity contribution in [3.63, 3.8) is 0 Å². The van der Waals surface area contributed by atoms with Gasteiger partial charge < -0.3 is 14.5 Å². The highest BCUT2D eigenvalue weighted by Gasteiger charge is 2.41. The van der Waals surface area contributed by atoms with Crippen molar-refractivity contribution >= 4 is 23.1 Å². The van der Waals surface area contributed by atoms with Gasteiger partial charge in [0.15, 0.2) is 0 Å². The lowest BCUT2D eigenvalue weighted by molar-refractivity contribution is 0.0696. The predicted molar refractivity (Wildman–Crippen MR) is 115 cm³/mol. The molecule has 7 heteroatoms. The number of hydrogen-bond donors (Lipinski definition) is 0. The van der Waals surface area contributed by atoms with Crippen LogP contribution in [-0.4, -0.2) is 52.6 Å². The molecule has 2 aromatic heterocycles. The number of anilines is 1. The summed E-state index contributed by atoms with van der Waals surface area (Å²) in [5.74, 6) is 1.62. The zero-order valence-corrected chi connectivity index (χ0v) is 18.4. The Kier molecular flexibility index (Phi) is 4.62. The number of pyridine rings is 1. The molecule has 0 bridgehead atoms. The van der Waals surface area contributed by atoms with E-state index in [4.69, 9.17) is 9.72 Å². The van der Waals surface area contributed by atoms with Crippen molar-refractivity contribution in [3.05, 3.63) is 27.9 Å². The summed E-state index contributed by atoms with van der Waals surface area (Å²) in [4.78, 5) is 28.6. The molecule has 29 heavy (non-hydrogen) atoms. The second kappa shape index (κ2) is 7.06. The molecule has 2 aromatic rings. The molecule has 4 heterocycles. The van der Waals surface area contributed by atoms with Crippen molar-refractivity contribution in [1.82, 2.24) is 14.9 Å². The van der Waals surface area contributed by atoms with Gasteiger partial charge in [0.1, 0.15) is 5.82 Å². The van der Waals surface area contributed by atoms with Gasteiger partial charge in [0.2, 0.25) is 0 Å². The minimum absolute atomic E-state index is 0.143. The second-order valence-electron chi connectivity index (χ2n) is 8.64. The number of morpholine rings is 1. The lowest BCUT2D eigenvalue weighted by Crippen LogP contribution is -2.45. The fraction of sp³-hybridized carbons (Fsp3) is 0.591. The van der Waals surface area contributed by atoms with E-state index in [0.29, 0.717) is 31.7 Å². The number of hydrogen-bond acceptors (Lipinski definition) is 6. The SMILES string of the molecule is Cc1nc(C)c(-c2cc3c(c(N4CCOC[C@@H]4C)n2)C(=O)N([C@@H](C)C2CC2)C3)s1. The largest absolute Gasteiger partial charge is 0.377 e. The summed E-state index contributed by atoms with van der Waals surface area (Å²) in [7, 11) is 0. The first-order chi connectivity index (χ1) is 13.9. The van der Waals surface area contributed by atoms with E-state index in [9.17, 15) is 4.79 Å². The van der Waals surface area contributed by atoms with Gasteiger partial charge in [0.05, 0.1) is 46.1 Å². The normalized spacial score (nSPS) is 22.9. The van der Waals surface area contributed by atoms with Crippen LogP contribution in [0.25, 0.3) is 10.6 Å². The van der Waals surface area contributed by atoms with Gasteiger partial charge in [-0.05, 0) is 58.1 Å². The third-order valence-corrected chi connectivity index (χ3v) is 7.56. The average Bonchev–Trinajstić information content (AvgIpc) is 3.42. The van der Waals surface area contributed by atoms with E-state index < -0.39 is 0 Å². The fourth-order valence-corrected chi connectivity index (χ4v) is 5.52. The molecule has 0 spiro atoms. The Morgan fingerprint density at radius 2 is 2.07 bits per heavy atom. The third kappa shape index (κ3) is 3.24. The molecular weight excluding hydrogens is 384 g/mol. The Hall–Kier alpha value is -1.99. The third-order valence-electron chi connectivity index (χ3n) is 6.47. The van der Waals surface area contributed by atoms with E-state index in [2.05, 4.69) is 34.7 Å². The predicted octanol–water partition coefficient (Wildman–Crippen LogP) is 3.80. The number of aromatic nitrogens is 2. The smallest absolute Gasteiger partial charge is 0.258 e. The highest BCUT2D eigenvalue weighted by Crippen LogP contribution is 2.42. The van der Waals surface area contributed by atoms with Crippen molar-refractivity contribution in [3.8, 4) is 10.6 Å². The van der Waals surface area contributed by atoms with E-state index in [1.54, 1.807) is 11.3 Å². The maximum Gasteiger partial charge on any atom is 0.258 e. The first kappa shape index (κ1) is 19.0. The minimum atomic E-state index is 0.143. The van der Waals surface area contributed by atoms with Crippen molar-refractivity contribution in [2.45, 2.75) is 59.2 Å². The molecule has 0 radical (unpaired) electrons. The molecule has 0 unspecified atom stereocenters. The number of ether oxygens (including phenoxy) is 1. The van der Waals surface area contributed by atoms with Crippen LogP contribution in [0, 0.1) is 19.8 Å². The van der Waals surface area contributed by atoms with Crippen molar-refractivity contribution in [1.29, 1.82) is 0 Å². The van der Waals surface area contributed by atoms with Crippen LogP contribution in [0.4, 0.5) is 5.82 Å². The van der Waals surface area contributed by atoms with Gasteiger partial charge in [0.25, 0.3) is 5.91 Å². The summed E-state index contributed by atoms with van der Waals surface area (Å²) >= 11 is 1.68. The monoisotopic (exact) mass is 412 g/mol. The van der Waals surface area contributed by atoms with Crippen molar-refractivity contribution in [2.75, 3.05) is 24.7 Å². The summed E-state index contributed by atoms with van der Waals surface area (Å²) < 4.78 is 5.64. The Morgan fingerprint density at radius 1 is 1.28 bits per heavy atom. The zero-order valence-electron chi connectivity index (χ0n) is 17.6. The van der Waals surface area contributed by atoms with Crippen LogP contribution in [0.1, 0.15) is 53.3 Å². The molecule has 1 saturated carbocycles. The Labute approximate surface area is 175 Å². The standard InChI is InChI=1S/C22H28N4O2S/c1-12-11-28-8-7-25(12)21-19-17(10-26(22(19)27)14(3)16-5-6-16)9-18(24-21)20-13(2)23-15(4)29-20/h9,12,14,16H,5-8,10-11H2,1-4H3/t12-,14-/m0/s1. The lowest BCUT2D eigenvalue weighted by Gasteiger charge is -2.35. The summed E-state index contributed by atoms with van der Waals surface area (Å²) in [5, 5.41) is 1.04. The molecule has 2 fully saturated rings. The second-order valence-corrected chi connectivity index (χ2v) is 9.84. The summed E-state index contributed by atoms with van der Waals surface area (Å²) in [6.45, 7) is 11.2. The van der Waals surface area contributed by atoms with E-state index in [0.717, 1.165) is 44.8 Å². The van der Waals surface area contributed by atoms with Crippen LogP contribution in [0.2, 0.25) is 0 Å². The van der Waals surface area contributed by atoms with Gasteiger partial charge in [0, 0.05) is 19.1 Å². The van der Waals surface area contributed by atoms with E-state index >= 15 is 0 Å². The Bertz CT molecular complexity index is 968. The molecular formula is C22H28N4O2S. The lowest BCUT2D eigenvalue weighted by atomic mass is 10.1. The molecule has 6 nitrogen and oxygen atoms in total. The maximum absolute atomic E-state index is 13.5. The Balaban J connectivity index is 1.62. The van der Waals surface area contributed by atoms with Gasteiger partial charge in [-0.1, -0.05) is 0 Å². The first-order valence-corrected chi connectivity index (χ1v) is 11.4. The molecule has 1 amide bonds. The molecule has 2 atom stereocenters.